The lowest BCUT2D eigenvalue weighted by atomic mass is 9.68. The van der Waals surface area contributed by atoms with Crippen LogP contribution in [0.3, 0.4) is 0 Å². The molecule has 0 amide bonds. The van der Waals surface area contributed by atoms with Gasteiger partial charge < -0.3 is 14.8 Å². The second kappa shape index (κ2) is 8.23. The van der Waals surface area contributed by atoms with E-state index >= 15 is 0 Å². The van der Waals surface area contributed by atoms with E-state index < -0.39 is 23.8 Å². The van der Waals surface area contributed by atoms with Crippen LogP contribution in [0.4, 0.5) is 0 Å². The molecule has 0 fully saturated rings. The van der Waals surface area contributed by atoms with Gasteiger partial charge in [0.2, 0.25) is 0 Å². The summed E-state index contributed by atoms with van der Waals surface area (Å²) in [7, 11) is 1.29. The molecule has 3 rings (SSSR count). The number of carbonyl (C=O) groups is 3. The summed E-state index contributed by atoms with van der Waals surface area (Å²) in [6, 6.07) is 7.67. The van der Waals surface area contributed by atoms with Crippen molar-refractivity contribution in [3.63, 3.8) is 0 Å². The van der Waals surface area contributed by atoms with Crippen molar-refractivity contribution in [2.45, 2.75) is 40.0 Å². The number of hydrogen-bond acceptors (Lipinski definition) is 6. The highest BCUT2D eigenvalue weighted by atomic mass is 16.5. The van der Waals surface area contributed by atoms with Gasteiger partial charge in [-0.25, -0.2) is 4.79 Å². The second-order valence-electron chi connectivity index (χ2n) is 7.61. The Morgan fingerprint density at radius 1 is 1.21 bits per heavy atom. The first kappa shape index (κ1) is 20.8. The number of hydrogen-bond donors (Lipinski definition) is 1. The molecule has 0 aromatic heterocycles. The van der Waals surface area contributed by atoms with Crippen LogP contribution < -0.4 is 5.32 Å². The van der Waals surface area contributed by atoms with Gasteiger partial charge in [0.15, 0.2) is 5.78 Å². The number of methoxy groups -OCH3 is 1. The minimum absolute atomic E-state index is 0.198. The Labute approximate surface area is 171 Å². The molecule has 0 unspecified atom stereocenters. The predicted octanol–water partition coefficient (Wildman–Crippen LogP) is 3.17. The topological polar surface area (TPSA) is 81.7 Å². The Balaban J connectivity index is 2.21. The lowest BCUT2D eigenvalue weighted by Crippen LogP contribution is -2.43. The molecular formula is C23H27NO5. The van der Waals surface area contributed by atoms with Crippen LogP contribution in [0, 0.1) is 18.8 Å². The molecule has 1 aliphatic heterocycles. The van der Waals surface area contributed by atoms with Gasteiger partial charge in [-0.05, 0) is 44.2 Å². The number of aryl methyl sites for hydroxylation is 1. The number of allylic oxidation sites excluding steroid dienone is 3. The van der Waals surface area contributed by atoms with E-state index in [-0.39, 0.29) is 18.3 Å². The van der Waals surface area contributed by atoms with Gasteiger partial charge in [0, 0.05) is 22.9 Å². The van der Waals surface area contributed by atoms with Crippen molar-refractivity contribution in [3.05, 3.63) is 57.9 Å². The highest BCUT2D eigenvalue weighted by molar-refractivity contribution is 6.12. The number of benzene rings is 1. The van der Waals surface area contributed by atoms with Gasteiger partial charge in [-0.2, -0.15) is 0 Å². The largest absolute Gasteiger partial charge is 0.468 e. The SMILES string of the molecule is CCOC(=O)C1=C(C)NC2=C(C(=O)[C@H](C(=O)OC)[C@H](C)C2)[C@@H]1c1ccccc1C. The van der Waals surface area contributed by atoms with Crippen LogP contribution in [0.25, 0.3) is 0 Å². The number of Topliss-reactive ketones (excluding diaryl/α,β-unsaturated/α-hetero) is 1. The van der Waals surface area contributed by atoms with Crippen LogP contribution >= 0.6 is 0 Å². The molecule has 1 N–H and O–H groups in total. The van der Waals surface area contributed by atoms with Gasteiger partial charge in [-0.15, -0.1) is 0 Å². The van der Waals surface area contributed by atoms with Gasteiger partial charge in [0.05, 0.1) is 19.3 Å². The molecule has 1 aromatic carbocycles. The smallest absolute Gasteiger partial charge is 0.336 e. The van der Waals surface area contributed by atoms with Crippen molar-refractivity contribution in [3.8, 4) is 0 Å². The molecule has 1 heterocycles. The van der Waals surface area contributed by atoms with Gasteiger partial charge in [-0.3, -0.25) is 9.59 Å². The third-order valence-electron chi connectivity index (χ3n) is 5.74. The fourth-order valence-electron chi connectivity index (χ4n) is 4.38. The van der Waals surface area contributed by atoms with Crippen LogP contribution in [-0.4, -0.2) is 31.4 Å². The molecule has 3 atom stereocenters. The molecular weight excluding hydrogens is 370 g/mol. The Morgan fingerprint density at radius 2 is 1.90 bits per heavy atom. The van der Waals surface area contributed by atoms with Crippen molar-refractivity contribution >= 4 is 17.7 Å². The Bertz CT molecular complexity index is 927. The normalized spacial score (nSPS) is 24.0. The van der Waals surface area contributed by atoms with E-state index in [2.05, 4.69) is 5.32 Å². The van der Waals surface area contributed by atoms with Crippen LogP contribution in [0.15, 0.2) is 46.8 Å². The standard InChI is InChI=1S/C23H27NO5/c1-6-29-23(27)18-14(4)24-16-11-13(3)17(22(26)28-5)21(25)20(16)19(18)15-10-8-7-9-12(15)2/h7-10,13,17,19,24H,6,11H2,1-5H3/t13-,17-,19-/m1/s1. The minimum Gasteiger partial charge on any atom is -0.468 e. The van der Waals surface area contributed by atoms with Crippen LogP contribution in [0.2, 0.25) is 0 Å². The third-order valence-corrected chi connectivity index (χ3v) is 5.74. The summed E-state index contributed by atoms with van der Waals surface area (Å²) in [5, 5.41) is 3.25. The van der Waals surface area contributed by atoms with E-state index in [0.717, 1.165) is 16.8 Å². The van der Waals surface area contributed by atoms with Gasteiger partial charge in [0.1, 0.15) is 5.92 Å². The first-order valence-corrected chi connectivity index (χ1v) is 9.87. The van der Waals surface area contributed by atoms with Gasteiger partial charge >= 0.3 is 11.9 Å². The number of ketones is 1. The van der Waals surface area contributed by atoms with E-state index in [1.807, 2.05) is 45.0 Å². The van der Waals surface area contributed by atoms with Gasteiger partial charge in [0.25, 0.3) is 0 Å². The average Bonchev–Trinajstić information content (AvgIpc) is 2.67. The Hall–Kier alpha value is -2.89. The van der Waals surface area contributed by atoms with E-state index in [4.69, 9.17) is 9.47 Å². The van der Waals surface area contributed by atoms with Crippen molar-refractivity contribution in [2.75, 3.05) is 13.7 Å². The molecule has 1 aromatic rings. The minimum atomic E-state index is -0.881. The number of rotatable bonds is 4. The molecule has 6 nitrogen and oxygen atoms in total. The first-order chi connectivity index (χ1) is 13.8. The summed E-state index contributed by atoms with van der Waals surface area (Å²) in [5.74, 6) is -2.95. The van der Waals surface area contributed by atoms with E-state index in [0.29, 0.717) is 23.3 Å². The second-order valence-corrected chi connectivity index (χ2v) is 7.61. The molecule has 2 aliphatic rings. The maximum absolute atomic E-state index is 13.5. The number of nitrogens with one attached hydrogen (secondary N) is 1. The zero-order chi connectivity index (χ0) is 21.3. The maximum atomic E-state index is 13.5. The summed E-state index contributed by atoms with van der Waals surface area (Å²) in [5.41, 5.74) is 4.12. The molecule has 154 valence electrons. The summed E-state index contributed by atoms with van der Waals surface area (Å²) in [4.78, 5) is 38.8. The monoisotopic (exact) mass is 397 g/mol. The van der Waals surface area contributed by atoms with E-state index in [1.54, 1.807) is 6.92 Å². The van der Waals surface area contributed by atoms with E-state index in [1.165, 1.54) is 7.11 Å². The van der Waals surface area contributed by atoms with E-state index in [9.17, 15) is 14.4 Å². The maximum Gasteiger partial charge on any atom is 0.336 e. The summed E-state index contributed by atoms with van der Waals surface area (Å²) < 4.78 is 10.2. The Kier molecular flexibility index (Phi) is 5.91. The van der Waals surface area contributed by atoms with Crippen LogP contribution in [0.5, 0.6) is 0 Å². The molecule has 0 radical (unpaired) electrons. The number of ether oxygens (including phenoxy) is 2. The average molecular weight is 397 g/mol. The quantitative estimate of drug-likeness (QED) is 0.621. The predicted molar refractivity (Wildman–Crippen MR) is 108 cm³/mol. The molecule has 0 spiro atoms. The molecule has 0 bridgehead atoms. The van der Waals surface area contributed by atoms with Gasteiger partial charge in [-0.1, -0.05) is 31.2 Å². The summed E-state index contributed by atoms with van der Waals surface area (Å²) >= 11 is 0. The van der Waals surface area contributed by atoms with Crippen molar-refractivity contribution in [2.24, 2.45) is 11.8 Å². The number of esters is 2. The van der Waals surface area contributed by atoms with Crippen molar-refractivity contribution < 1.29 is 23.9 Å². The molecule has 0 saturated heterocycles. The highest BCUT2D eigenvalue weighted by Crippen LogP contribution is 2.46. The fourth-order valence-corrected chi connectivity index (χ4v) is 4.38. The number of dihydropyridines is 1. The lowest BCUT2D eigenvalue weighted by Gasteiger charge is -2.38. The summed E-state index contributed by atoms with van der Waals surface area (Å²) in [6.07, 6.45) is 0.524. The van der Waals surface area contributed by atoms with Crippen LogP contribution in [0.1, 0.15) is 44.2 Å². The molecule has 1 aliphatic carbocycles. The third kappa shape index (κ3) is 3.59. The zero-order valence-corrected chi connectivity index (χ0v) is 17.5. The lowest BCUT2D eigenvalue weighted by molar-refractivity contribution is -0.151. The van der Waals surface area contributed by atoms with Crippen molar-refractivity contribution in [1.29, 1.82) is 0 Å². The fraction of sp³-hybridized carbons (Fsp3) is 0.435. The first-order valence-electron chi connectivity index (χ1n) is 9.87. The Morgan fingerprint density at radius 3 is 2.52 bits per heavy atom. The zero-order valence-electron chi connectivity index (χ0n) is 17.5. The molecule has 6 heteroatoms. The van der Waals surface area contributed by atoms with Crippen LogP contribution in [-0.2, 0) is 23.9 Å². The molecule has 29 heavy (non-hydrogen) atoms. The summed E-state index contributed by atoms with van der Waals surface area (Å²) in [6.45, 7) is 7.62. The van der Waals surface area contributed by atoms with Crippen molar-refractivity contribution in [1.82, 2.24) is 5.32 Å². The highest BCUT2D eigenvalue weighted by Gasteiger charge is 2.47. The molecule has 0 saturated carbocycles. The number of carbonyl (C=O) groups excluding carboxylic acids is 3.